The lowest BCUT2D eigenvalue weighted by molar-refractivity contribution is 0.198. The lowest BCUT2D eigenvalue weighted by Gasteiger charge is -2.11. The van der Waals surface area contributed by atoms with Crippen LogP contribution in [0.1, 0.15) is 18.6 Å². The number of halogens is 4. The summed E-state index contributed by atoms with van der Waals surface area (Å²) in [6.07, 6.45) is -0.640. The van der Waals surface area contributed by atoms with Crippen LogP contribution in [0.15, 0.2) is 39.3 Å². The van der Waals surface area contributed by atoms with E-state index in [4.69, 9.17) is 4.74 Å². The van der Waals surface area contributed by atoms with Crippen molar-refractivity contribution in [2.24, 2.45) is 0 Å². The first-order valence-electron chi connectivity index (χ1n) is 5.68. The van der Waals surface area contributed by atoms with Crippen LogP contribution >= 0.6 is 31.9 Å². The van der Waals surface area contributed by atoms with Gasteiger partial charge in [-0.15, -0.1) is 0 Å². The van der Waals surface area contributed by atoms with E-state index in [1.807, 2.05) is 0 Å². The molecule has 1 N–H and O–H groups in total. The molecule has 0 unspecified atom stereocenters. The second-order valence-electron chi connectivity index (χ2n) is 4.16. The van der Waals surface area contributed by atoms with Gasteiger partial charge in [-0.25, -0.2) is 4.39 Å². The molecule has 2 nitrogen and oxygen atoms in total. The fourth-order valence-corrected chi connectivity index (χ4v) is 2.74. The molecule has 0 aromatic heterocycles. The second-order valence-corrected chi connectivity index (χ2v) is 5.93. The zero-order valence-corrected chi connectivity index (χ0v) is 13.5. The minimum absolute atomic E-state index is 0.214. The van der Waals surface area contributed by atoms with Gasteiger partial charge in [0.1, 0.15) is 5.75 Å². The molecule has 0 saturated carbocycles. The van der Waals surface area contributed by atoms with E-state index in [1.165, 1.54) is 6.07 Å². The Labute approximate surface area is 131 Å². The number of benzene rings is 2. The Morgan fingerprint density at radius 2 is 1.85 bits per heavy atom. The minimum atomic E-state index is -1.05. The van der Waals surface area contributed by atoms with E-state index >= 15 is 0 Å². The van der Waals surface area contributed by atoms with Gasteiger partial charge in [-0.05, 0) is 36.8 Å². The van der Waals surface area contributed by atoms with Crippen LogP contribution in [0.2, 0.25) is 0 Å². The highest BCUT2D eigenvalue weighted by molar-refractivity contribution is 9.10. The van der Waals surface area contributed by atoms with Crippen LogP contribution in [-0.4, -0.2) is 5.11 Å². The Kier molecular flexibility index (Phi) is 4.78. The molecule has 0 heterocycles. The molecule has 0 saturated heterocycles. The van der Waals surface area contributed by atoms with Gasteiger partial charge in [0.25, 0.3) is 0 Å². The van der Waals surface area contributed by atoms with Crippen molar-refractivity contribution in [3.05, 3.63) is 56.5 Å². The van der Waals surface area contributed by atoms with Crippen LogP contribution in [-0.2, 0) is 0 Å². The number of ether oxygens (including phenoxy) is 1. The Morgan fingerprint density at radius 3 is 2.45 bits per heavy atom. The summed E-state index contributed by atoms with van der Waals surface area (Å²) >= 11 is 6.37. The molecule has 0 aliphatic heterocycles. The van der Waals surface area contributed by atoms with Crippen LogP contribution < -0.4 is 4.74 Å². The van der Waals surface area contributed by atoms with Gasteiger partial charge < -0.3 is 9.84 Å². The van der Waals surface area contributed by atoms with Crippen molar-refractivity contribution >= 4 is 31.9 Å². The van der Waals surface area contributed by atoms with Gasteiger partial charge in [0.15, 0.2) is 11.6 Å². The summed E-state index contributed by atoms with van der Waals surface area (Å²) in [4.78, 5) is 0. The van der Waals surface area contributed by atoms with Gasteiger partial charge in [-0.1, -0.05) is 37.9 Å². The lowest BCUT2D eigenvalue weighted by atomic mass is 10.1. The first kappa shape index (κ1) is 15.4. The molecule has 0 spiro atoms. The smallest absolute Gasteiger partial charge is 0.201 e. The highest BCUT2D eigenvalue weighted by Gasteiger charge is 2.13. The fourth-order valence-electron chi connectivity index (χ4n) is 1.64. The average Bonchev–Trinajstić information content (AvgIpc) is 2.35. The van der Waals surface area contributed by atoms with Crippen molar-refractivity contribution in [1.82, 2.24) is 0 Å². The van der Waals surface area contributed by atoms with Crippen molar-refractivity contribution in [2.45, 2.75) is 13.0 Å². The SMILES string of the molecule is C[C@@H](O)c1ccc(Oc2cc(Br)cc(F)c2F)cc1Br. The molecule has 2 aromatic rings. The Bertz CT molecular complexity index is 645. The highest BCUT2D eigenvalue weighted by Crippen LogP contribution is 2.33. The van der Waals surface area contributed by atoms with Crippen LogP contribution in [0.3, 0.4) is 0 Å². The predicted octanol–water partition coefficient (Wildman–Crippen LogP) is 5.34. The van der Waals surface area contributed by atoms with E-state index in [1.54, 1.807) is 25.1 Å². The Morgan fingerprint density at radius 1 is 1.15 bits per heavy atom. The summed E-state index contributed by atoms with van der Waals surface area (Å²) in [7, 11) is 0. The standard InChI is InChI=1S/C14H10Br2F2O2/c1-7(19)10-3-2-9(6-11(10)16)20-13-5-8(15)4-12(17)14(13)18/h2-7,19H,1H3/t7-/m1/s1. The van der Waals surface area contributed by atoms with Crippen LogP contribution in [0, 0.1) is 11.6 Å². The third-order valence-electron chi connectivity index (χ3n) is 2.61. The largest absolute Gasteiger partial charge is 0.454 e. The molecule has 2 rings (SSSR count). The molecule has 1 atom stereocenters. The van der Waals surface area contributed by atoms with Crippen molar-refractivity contribution in [3.63, 3.8) is 0 Å². The maximum Gasteiger partial charge on any atom is 0.201 e. The maximum atomic E-state index is 13.6. The normalized spacial score (nSPS) is 12.3. The topological polar surface area (TPSA) is 29.5 Å². The summed E-state index contributed by atoms with van der Waals surface area (Å²) in [5.41, 5.74) is 0.679. The lowest BCUT2D eigenvalue weighted by Crippen LogP contribution is -1.95. The van der Waals surface area contributed by atoms with Crippen LogP contribution in [0.4, 0.5) is 8.78 Å². The van der Waals surface area contributed by atoms with Crippen molar-refractivity contribution in [3.8, 4) is 11.5 Å². The third-order valence-corrected chi connectivity index (χ3v) is 3.75. The number of hydrogen-bond donors (Lipinski definition) is 1. The van der Waals surface area contributed by atoms with Crippen LogP contribution in [0.5, 0.6) is 11.5 Å². The summed E-state index contributed by atoms with van der Waals surface area (Å²) in [6, 6.07) is 7.17. The van der Waals surface area contributed by atoms with E-state index in [9.17, 15) is 13.9 Å². The molecular weight excluding hydrogens is 398 g/mol. The zero-order valence-electron chi connectivity index (χ0n) is 10.3. The van der Waals surface area contributed by atoms with Crippen molar-refractivity contribution in [1.29, 1.82) is 0 Å². The molecule has 6 heteroatoms. The molecule has 0 bridgehead atoms. The fraction of sp³-hybridized carbons (Fsp3) is 0.143. The van der Waals surface area contributed by atoms with Gasteiger partial charge in [0.2, 0.25) is 5.82 Å². The number of aliphatic hydroxyl groups excluding tert-OH is 1. The highest BCUT2D eigenvalue weighted by atomic mass is 79.9. The van der Waals surface area contributed by atoms with Gasteiger partial charge in [-0.2, -0.15) is 4.39 Å². The van der Waals surface area contributed by atoms with E-state index in [2.05, 4.69) is 31.9 Å². The van der Waals surface area contributed by atoms with Gasteiger partial charge >= 0.3 is 0 Å². The molecule has 106 valence electrons. The van der Waals surface area contributed by atoms with Gasteiger partial charge in [0.05, 0.1) is 6.10 Å². The van der Waals surface area contributed by atoms with E-state index in [-0.39, 0.29) is 5.75 Å². The second kappa shape index (κ2) is 6.20. The number of aliphatic hydroxyl groups is 1. The van der Waals surface area contributed by atoms with E-state index in [0.29, 0.717) is 20.3 Å². The summed E-state index contributed by atoms with van der Waals surface area (Å²) in [5, 5.41) is 9.52. The summed E-state index contributed by atoms with van der Waals surface area (Å²) in [5.74, 6) is -1.93. The van der Waals surface area contributed by atoms with Crippen molar-refractivity contribution < 1.29 is 18.6 Å². The van der Waals surface area contributed by atoms with Crippen LogP contribution in [0.25, 0.3) is 0 Å². The number of rotatable bonds is 3. The van der Waals surface area contributed by atoms with E-state index < -0.39 is 17.7 Å². The summed E-state index contributed by atoms with van der Waals surface area (Å²) in [6.45, 7) is 1.63. The van der Waals surface area contributed by atoms with Gasteiger partial charge in [-0.3, -0.25) is 0 Å². The molecule has 0 amide bonds. The Balaban J connectivity index is 2.33. The molecule has 2 aromatic carbocycles. The third kappa shape index (κ3) is 3.37. The van der Waals surface area contributed by atoms with E-state index in [0.717, 1.165) is 6.07 Å². The first-order chi connectivity index (χ1) is 9.38. The quantitative estimate of drug-likeness (QED) is 0.696. The number of hydrogen-bond acceptors (Lipinski definition) is 2. The average molecular weight is 408 g/mol. The zero-order chi connectivity index (χ0) is 14.9. The van der Waals surface area contributed by atoms with Crippen molar-refractivity contribution in [2.75, 3.05) is 0 Å². The Hall–Kier alpha value is -0.980. The predicted molar refractivity (Wildman–Crippen MR) is 78.9 cm³/mol. The monoisotopic (exact) mass is 406 g/mol. The molecule has 0 radical (unpaired) electrons. The summed E-state index contributed by atoms with van der Waals surface area (Å²) < 4.78 is 33.2. The molecule has 0 aliphatic rings. The molecule has 0 aliphatic carbocycles. The molecular formula is C14H10Br2F2O2. The van der Waals surface area contributed by atoms with Gasteiger partial charge in [0, 0.05) is 8.95 Å². The maximum absolute atomic E-state index is 13.6. The molecule has 0 fully saturated rings. The minimum Gasteiger partial charge on any atom is -0.454 e. The first-order valence-corrected chi connectivity index (χ1v) is 7.27. The molecule has 20 heavy (non-hydrogen) atoms.